The first-order valence-electron chi connectivity index (χ1n) is 6.44. The monoisotopic (exact) mass is 358 g/mol. The van der Waals surface area contributed by atoms with Gasteiger partial charge in [-0.25, -0.2) is 5.43 Å². The largest absolute Gasteiger partial charge is 0.507 e. The average Bonchev–Trinajstić information content (AvgIpc) is 2.96. The zero-order chi connectivity index (χ0) is 15.5. The first-order chi connectivity index (χ1) is 10.6. The molecule has 1 aromatic heterocycles. The van der Waals surface area contributed by atoms with Crippen LogP contribution >= 0.6 is 15.9 Å². The molecule has 1 amide bonds. The average molecular weight is 359 g/mol. The van der Waals surface area contributed by atoms with Gasteiger partial charge in [-0.1, -0.05) is 30.3 Å². The zero-order valence-corrected chi connectivity index (χ0v) is 12.9. The number of halogens is 1. The van der Waals surface area contributed by atoms with Crippen LogP contribution in [0.25, 0.3) is 10.8 Å². The molecule has 3 rings (SSSR count). The summed E-state index contributed by atoms with van der Waals surface area (Å²) >= 11 is 3.12. The number of fused-ring (bicyclic) bond motifs is 1. The molecule has 0 bridgehead atoms. The Kier molecular flexibility index (Phi) is 3.93. The minimum absolute atomic E-state index is 0.122. The third-order valence-electron chi connectivity index (χ3n) is 3.10. The molecule has 0 saturated carbocycles. The van der Waals surface area contributed by atoms with Gasteiger partial charge in [0.25, 0.3) is 0 Å². The van der Waals surface area contributed by atoms with E-state index in [-0.39, 0.29) is 11.5 Å². The predicted octanol–water partition coefficient (Wildman–Crippen LogP) is 3.66. The number of furan rings is 1. The Balaban J connectivity index is 1.78. The number of aromatic hydroxyl groups is 1. The van der Waals surface area contributed by atoms with Crippen LogP contribution in [0.2, 0.25) is 0 Å². The summed E-state index contributed by atoms with van der Waals surface area (Å²) in [4.78, 5) is 11.7. The molecule has 6 heteroatoms. The molecule has 0 aliphatic rings. The molecule has 0 saturated heterocycles. The molecular weight excluding hydrogens is 348 g/mol. The molecule has 0 unspecified atom stereocenters. The van der Waals surface area contributed by atoms with Gasteiger partial charge >= 0.3 is 5.91 Å². The van der Waals surface area contributed by atoms with Gasteiger partial charge in [0.15, 0.2) is 10.4 Å². The van der Waals surface area contributed by atoms with Crippen molar-refractivity contribution in [2.45, 2.75) is 0 Å². The van der Waals surface area contributed by atoms with Crippen molar-refractivity contribution in [2.75, 3.05) is 0 Å². The number of rotatable bonds is 3. The number of hydrazone groups is 1. The lowest BCUT2D eigenvalue weighted by Gasteiger charge is -2.03. The van der Waals surface area contributed by atoms with Crippen molar-refractivity contribution in [3.05, 3.63) is 64.5 Å². The van der Waals surface area contributed by atoms with Gasteiger partial charge < -0.3 is 9.52 Å². The van der Waals surface area contributed by atoms with Gasteiger partial charge in [-0.3, -0.25) is 4.79 Å². The molecule has 0 atom stereocenters. The van der Waals surface area contributed by atoms with E-state index >= 15 is 0 Å². The molecule has 0 spiro atoms. The lowest BCUT2D eigenvalue weighted by molar-refractivity contribution is 0.0926. The maximum Gasteiger partial charge on any atom is 0.307 e. The van der Waals surface area contributed by atoms with Crippen LogP contribution in [-0.2, 0) is 0 Å². The van der Waals surface area contributed by atoms with Crippen molar-refractivity contribution in [2.24, 2.45) is 5.10 Å². The van der Waals surface area contributed by atoms with Gasteiger partial charge in [-0.05, 0) is 39.5 Å². The maximum atomic E-state index is 11.7. The Hall–Kier alpha value is -2.60. The van der Waals surface area contributed by atoms with Gasteiger partial charge in [0.1, 0.15) is 5.75 Å². The Morgan fingerprint density at radius 1 is 1.18 bits per heavy atom. The summed E-state index contributed by atoms with van der Waals surface area (Å²) in [5.74, 6) is -0.203. The van der Waals surface area contributed by atoms with Crippen LogP contribution in [0.15, 0.2) is 62.7 Å². The Bertz CT molecular complexity index is 871. The van der Waals surface area contributed by atoms with Gasteiger partial charge in [0.2, 0.25) is 0 Å². The second kappa shape index (κ2) is 6.03. The lowest BCUT2D eigenvalue weighted by atomic mass is 10.1. The number of hydrogen-bond acceptors (Lipinski definition) is 4. The number of nitrogens with zero attached hydrogens (tertiary/aromatic N) is 1. The molecular formula is C16H11BrN2O3. The van der Waals surface area contributed by atoms with E-state index in [1.807, 2.05) is 30.3 Å². The predicted molar refractivity (Wildman–Crippen MR) is 87.1 cm³/mol. The van der Waals surface area contributed by atoms with Crippen molar-refractivity contribution < 1.29 is 14.3 Å². The summed E-state index contributed by atoms with van der Waals surface area (Å²) in [5.41, 5.74) is 2.85. The maximum absolute atomic E-state index is 11.7. The minimum atomic E-state index is -0.470. The number of carbonyl (C=O) groups excluding carboxylic acids is 1. The van der Waals surface area contributed by atoms with Gasteiger partial charge in [0, 0.05) is 10.9 Å². The zero-order valence-electron chi connectivity index (χ0n) is 11.3. The number of phenolic OH excluding ortho intramolecular Hbond substituents is 1. The van der Waals surface area contributed by atoms with Gasteiger partial charge in [-0.2, -0.15) is 5.10 Å². The van der Waals surface area contributed by atoms with Crippen LogP contribution in [0.1, 0.15) is 16.1 Å². The van der Waals surface area contributed by atoms with Crippen LogP contribution in [0.4, 0.5) is 0 Å². The lowest BCUT2D eigenvalue weighted by Crippen LogP contribution is -2.16. The van der Waals surface area contributed by atoms with Crippen LogP contribution in [0.3, 0.4) is 0 Å². The van der Waals surface area contributed by atoms with E-state index in [1.165, 1.54) is 12.3 Å². The van der Waals surface area contributed by atoms with Crippen molar-refractivity contribution in [3.8, 4) is 5.75 Å². The van der Waals surface area contributed by atoms with E-state index in [1.54, 1.807) is 12.1 Å². The first-order valence-corrected chi connectivity index (χ1v) is 7.24. The number of amides is 1. The summed E-state index contributed by atoms with van der Waals surface area (Å²) in [6, 6.07) is 14.2. The quantitative estimate of drug-likeness (QED) is 0.554. The fourth-order valence-electron chi connectivity index (χ4n) is 2.03. The summed E-state index contributed by atoms with van der Waals surface area (Å²) in [5, 5.41) is 15.7. The summed E-state index contributed by atoms with van der Waals surface area (Å²) in [6.07, 6.45) is 1.39. The van der Waals surface area contributed by atoms with Gasteiger partial charge in [-0.15, -0.1) is 0 Å². The highest BCUT2D eigenvalue weighted by Crippen LogP contribution is 2.27. The molecule has 0 aliphatic carbocycles. The van der Waals surface area contributed by atoms with Gasteiger partial charge in [0.05, 0.1) is 6.21 Å². The fourth-order valence-corrected chi connectivity index (χ4v) is 2.33. The first kappa shape index (κ1) is 14.3. The highest BCUT2D eigenvalue weighted by molar-refractivity contribution is 9.10. The van der Waals surface area contributed by atoms with E-state index in [4.69, 9.17) is 4.42 Å². The molecule has 3 aromatic rings. The van der Waals surface area contributed by atoms with Crippen molar-refractivity contribution in [3.63, 3.8) is 0 Å². The summed E-state index contributed by atoms with van der Waals surface area (Å²) in [6.45, 7) is 0. The van der Waals surface area contributed by atoms with Crippen molar-refractivity contribution in [1.82, 2.24) is 5.43 Å². The molecule has 22 heavy (non-hydrogen) atoms. The normalized spacial score (nSPS) is 11.1. The smallest absolute Gasteiger partial charge is 0.307 e. The number of carbonyl (C=O) groups is 1. The molecule has 110 valence electrons. The Morgan fingerprint density at radius 3 is 2.77 bits per heavy atom. The molecule has 5 nitrogen and oxygen atoms in total. The Morgan fingerprint density at radius 2 is 2.00 bits per heavy atom. The minimum Gasteiger partial charge on any atom is -0.507 e. The fraction of sp³-hybridized carbons (Fsp3) is 0. The van der Waals surface area contributed by atoms with Crippen LogP contribution < -0.4 is 5.43 Å². The second-order valence-electron chi connectivity index (χ2n) is 4.53. The number of nitrogens with one attached hydrogen (secondary N) is 1. The van der Waals surface area contributed by atoms with E-state index in [0.717, 1.165) is 10.8 Å². The summed E-state index contributed by atoms with van der Waals surface area (Å²) in [7, 11) is 0. The molecule has 2 N–H and O–H groups in total. The molecule has 0 radical (unpaired) electrons. The number of benzene rings is 2. The highest BCUT2D eigenvalue weighted by atomic mass is 79.9. The SMILES string of the molecule is O=C(N/N=C/c1ccc2ccccc2c1O)c1ccc(Br)o1. The molecule has 1 heterocycles. The third kappa shape index (κ3) is 2.87. The molecule has 2 aromatic carbocycles. The van der Waals surface area contributed by atoms with E-state index in [9.17, 15) is 9.90 Å². The standard InChI is InChI=1S/C16H11BrN2O3/c17-14-8-7-13(22-14)16(21)19-18-9-11-6-5-10-3-1-2-4-12(10)15(11)20/h1-9,20H,(H,19,21)/b18-9+. The summed E-state index contributed by atoms with van der Waals surface area (Å²) < 4.78 is 5.58. The number of phenols is 1. The van der Waals surface area contributed by atoms with Crippen LogP contribution in [-0.4, -0.2) is 17.2 Å². The molecule has 0 aliphatic heterocycles. The van der Waals surface area contributed by atoms with E-state index < -0.39 is 5.91 Å². The van der Waals surface area contributed by atoms with Crippen LogP contribution in [0, 0.1) is 0 Å². The molecule has 0 fully saturated rings. The highest BCUT2D eigenvalue weighted by Gasteiger charge is 2.09. The van der Waals surface area contributed by atoms with E-state index in [0.29, 0.717) is 10.2 Å². The van der Waals surface area contributed by atoms with Crippen molar-refractivity contribution in [1.29, 1.82) is 0 Å². The van der Waals surface area contributed by atoms with Crippen molar-refractivity contribution >= 4 is 38.8 Å². The third-order valence-corrected chi connectivity index (χ3v) is 3.52. The Labute approximate surface area is 134 Å². The second-order valence-corrected chi connectivity index (χ2v) is 5.31. The van der Waals surface area contributed by atoms with Crippen LogP contribution in [0.5, 0.6) is 5.75 Å². The topological polar surface area (TPSA) is 74.8 Å². The van der Waals surface area contributed by atoms with E-state index in [2.05, 4.69) is 26.5 Å². The number of hydrogen-bond donors (Lipinski definition) is 2.